The summed E-state index contributed by atoms with van der Waals surface area (Å²) in [5.74, 6) is -1.28. The van der Waals surface area contributed by atoms with Gasteiger partial charge in [-0.15, -0.1) is 0 Å². The quantitative estimate of drug-likeness (QED) is 0.826. The first-order chi connectivity index (χ1) is 8.95. The minimum Gasteiger partial charge on any atom is -0.322 e. The lowest BCUT2D eigenvalue weighted by molar-refractivity contribution is 0.102. The van der Waals surface area contributed by atoms with Crippen molar-refractivity contribution >= 4 is 46.4 Å². The fraction of sp³-hybridized carbons (Fsp3) is 0. The molecule has 1 amide bonds. The number of nitrogens with one attached hydrogen (secondary N) is 1. The highest BCUT2D eigenvalue weighted by atomic mass is 35.5. The predicted octanol–water partition coefficient (Wildman–Crippen LogP) is 5.04. The van der Waals surface area contributed by atoms with Crippen LogP contribution < -0.4 is 5.32 Å². The van der Waals surface area contributed by atoms with Crippen molar-refractivity contribution in [3.8, 4) is 0 Å². The van der Waals surface area contributed by atoms with Crippen LogP contribution in [0.15, 0.2) is 36.4 Å². The number of anilines is 1. The second-order valence-electron chi connectivity index (χ2n) is 3.74. The molecule has 6 heteroatoms. The SMILES string of the molecule is O=C(Nc1cc(Cl)cc(Cl)c1)c1cc(Cl)ccc1F. The molecule has 0 aromatic heterocycles. The Morgan fingerprint density at radius 3 is 2.21 bits per heavy atom. The second-order valence-corrected chi connectivity index (χ2v) is 5.05. The van der Waals surface area contributed by atoms with Crippen LogP contribution in [-0.2, 0) is 0 Å². The Kier molecular flexibility index (Phi) is 4.30. The summed E-state index contributed by atoms with van der Waals surface area (Å²) in [6.07, 6.45) is 0. The second kappa shape index (κ2) is 5.78. The predicted molar refractivity (Wildman–Crippen MR) is 75.8 cm³/mol. The van der Waals surface area contributed by atoms with Gasteiger partial charge >= 0.3 is 0 Å². The van der Waals surface area contributed by atoms with Crippen molar-refractivity contribution in [1.29, 1.82) is 0 Å². The monoisotopic (exact) mass is 317 g/mol. The number of benzene rings is 2. The molecule has 0 radical (unpaired) electrons. The van der Waals surface area contributed by atoms with Gasteiger partial charge in [-0.25, -0.2) is 4.39 Å². The van der Waals surface area contributed by atoms with Crippen molar-refractivity contribution in [3.05, 3.63) is 62.8 Å². The summed E-state index contributed by atoms with van der Waals surface area (Å²) in [6, 6.07) is 8.28. The van der Waals surface area contributed by atoms with Crippen molar-refractivity contribution in [3.63, 3.8) is 0 Å². The number of rotatable bonds is 2. The summed E-state index contributed by atoms with van der Waals surface area (Å²) in [5, 5.41) is 3.51. The van der Waals surface area contributed by atoms with Gasteiger partial charge in [0.15, 0.2) is 0 Å². The fourth-order valence-corrected chi connectivity index (χ4v) is 2.19. The zero-order valence-electron chi connectivity index (χ0n) is 9.38. The van der Waals surface area contributed by atoms with Crippen molar-refractivity contribution in [2.45, 2.75) is 0 Å². The average molecular weight is 319 g/mol. The lowest BCUT2D eigenvalue weighted by Crippen LogP contribution is -2.13. The van der Waals surface area contributed by atoms with E-state index in [2.05, 4.69) is 5.32 Å². The molecule has 0 heterocycles. The Hall–Kier alpha value is -1.29. The number of hydrogen-bond acceptors (Lipinski definition) is 1. The third-order valence-electron chi connectivity index (χ3n) is 2.29. The lowest BCUT2D eigenvalue weighted by atomic mass is 10.2. The van der Waals surface area contributed by atoms with Crippen LogP contribution >= 0.6 is 34.8 Å². The molecule has 1 N–H and O–H groups in total. The molecule has 0 aliphatic heterocycles. The maximum absolute atomic E-state index is 13.5. The van der Waals surface area contributed by atoms with Crippen molar-refractivity contribution in [2.24, 2.45) is 0 Å². The van der Waals surface area contributed by atoms with E-state index in [9.17, 15) is 9.18 Å². The lowest BCUT2D eigenvalue weighted by Gasteiger charge is -2.07. The summed E-state index contributed by atoms with van der Waals surface area (Å²) in [7, 11) is 0. The van der Waals surface area contributed by atoms with Gasteiger partial charge < -0.3 is 5.32 Å². The van der Waals surface area contributed by atoms with Crippen molar-refractivity contribution < 1.29 is 9.18 Å². The van der Waals surface area contributed by atoms with E-state index in [0.29, 0.717) is 15.7 Å². The molecule has 2 aromatic rings. The van der Waals surface area contributed by atoms with E-state index in [1.165, 1.54) is 30.3 Å². The normalized spacial score (nSPS) is 10.3. The maximum Gasteiger partial charge on any atom is 0.258 e. The number of halogens is 4. The van der Waals surface area contributed by atoms with Gasteiger partial charge in [0.1, 0.15) is 5.82 Å². The van der Waals surface area contributed by atoms with E-state index in [-0.39, 0.29) is 10.6 Å². The highest BCUT2D eigenvalue weighted by molar-refractivity contribution is 6.35. The first kappa shape index (κ1) is 14.1. The molecule has 0 bridgehead atoms. The van der Waals surface area contributed by atoms with Crippen molar-refractivity contribution in [1.82, 2.24) is 0 Å². The Morgan fingerprint density at radius 1 is 0.947 bits per heavy atom. The van der Waals surface area contributed by atoms with Crippen LogP contribution in [0.2, 0.25) is 15.1 Å². The molecule has 0 fully saturated rings. The number of hydrogen-bond donors (Lipinski definition) is 1. The Bertz CT molecular complexity index is 626. The number of amides is 1. The van der Waals surface area contributed by atoms with E-state index in [0.717, 1.165) is 6.07 Å². The zero-order chi connectivity index (χ0) is 14.0. The van der Waals surface area contributed by atoms with Gasteiger partial charge in [-0.2, -0.15) is 0 Å². The molecule has 0 atom stereocenters. The van der Waals surface area contributed by atoms with Crippen molar-refractivity contribution in [2.75, 3.05) is 5.32 Å². The molecule has 19 heavy (non-hydrogen) atoms. The highest BCUT2D eigenvalue weighted by Crippen LogP contribution is 2.23. The average Bonchev–Trinajstić information content (AvgIpc) is 2.30. The van der Waals surface area contributed by atoms with Gasteiger partial charge in [-0.3, -0.25) is 4.79 Å². The standard InChI is InChI=1S/C13H7Cl3FNO/c14-7-1-2-12(17)11(6-7)13(19)18-10-4-8(15)3-9(16)5-10/h1-6H,(H,18,19). The highest BCUT2D eigenvalue weighted by Gasteiger charge is 2.13. The third kappa shape index (κ3) is 3.60. The van der Waals surface area contributed by atoms with Crippen LogP contribution in [0.3, 0.4) is 0 Å². The van der Waals surface area contributed by atoms with Crippen LogP contribution in [-0.4, -0.2) is 5.91 Å². The van der Waals surface area contributed by atoms with E-state index >= 15 is 0 Å². The fourth-order valence-electron chi connectivity index (χ4n) is 1.50. The molecule has 0 unspecified atom stereocenters. The molecular formula is C13H7Cl3FNO. The topological polar surface area (TPSA) is 29.1 Å². The molecule has 98 valence electrons. The van der Waals surface area contributed by atoms with Gasteiger partial charge in [-0.05, 0) is 36.4 Å². The zero-order valence-corrected chi connectivity index (χ0v) is 11.7. The van der Waals surface area contributed by atoms with E-state index < -0.39 is 11.7 Å². The molecular weight excluding hydrogens is 312 g/mol. The molecule has 2 aromatic carbocycles. The van der Waals surface area contributed by atoms with E-state index in [1.54, 1.807) is 0 Å². The minimum atomic E-state index is -0.657. The number of carbonyl (C=O) groups is 1. The molecule has 2 nitrogen and oxygen atoms in total. The first-order valence-electron chi connectivity index (χ1n) is 5.18. The Balaban J connectivity index is 2.28. The van der Waals surface area contributed by atoms with E-state index in [4.69, 9.17) is 34.8 Å². The largest absolute Gasteiger partial charge is 0.322 e. The first-order valence-corrected chi connectivity index (χ1v) is 6.31. The Morgan fingerprint density at radius 2 is 1.58 bits per heavy atom. The summed E-state index contributed by atoms with van der Waals surface area (Å²) in [6.45, 7) is 0. The minimum absolute atomic E-state index is 0.149. The molecule has 0 aliphatic rings. The van der Waals surface area contributed by atoms with Gasteiger partial charge in [0, 0.05) is 20.8 Å². The Labute approximate surface area is 124 Å². The summed E-state index contributed by atoms with van der Waals surface area (Å²) < 4.78 is 13.5. The molecule has 2 rings (SSSR count). The molecule has 0 spiro atoms. The summed E-state index contributed by atoms with van der Waals surface area (Å²) in [4.78, 5) is 11.9. The van der Waals surface area contributed by atoms with Crippen LogP contribution in [0.5, 0.6) is 0 Å². The maximum atomic E-state index is 13.5. The van der Waals surface area contributed by atoms with E-state index in [1.807, 2.05) is 0 Å². The van der Waals surface area contributed by atoms with Crippen LogP contribution in [0.25, 0.3) is 0 Å². The van der Waals surface area contributed by atoms with Gasteiger partial charge in [0.25, 0.3) is 5.91 Å². The number of carbonyl (C=O) groups excluding carboxylic acids is 1. The molecule has 0 saturated carbocycles. The van der Waals surface area contributed by atoms with Gasteiger partial charge in [0.05, 0.1) is 5.56 Å². The van der Waals surface area contributed by atoms with Gasteiger partial charge in [-0.1, -0.05) is 34.8 Å². The van der Waals surface area contributed by atoms with Crippen LogP contribution in [0.4, 0.5) is 10.1 Å². The molecule has 0 saturated heterocycles. The summed E-state index contributed by atoms with van der Waals surface area (Å²) >= 11 is 17.3. The third-order valence-corrected chi connectivity index (χ3v) is 2.96. The molecule has 0 aliphatic carbocycles. The summed E-state index contributed by atoms with van der Waals surface area (Å²) in [5.41, 5.74) is 0.227. The van der Waals surface area contributed by atoms with Gasteiger partial charge in [0.2, 0.25) is 0 Å². The van der Waals surface area contributed by atoms with Crippen LogP contribution in [0, 0.1) is 5.82 Å². The smallest absolute Gasteiger partial charge is 0.258 e. The van der Waals surface area contributed by atoms with Crippen LogP contribution in [0.1, 0.15) is 10.4 Å².